The Morgan fingerprint density at radius 2 is 1.03 bits per heavy atom. The summed E-state index contributed by atoms with van der Waals surface area (Å²) in [6.45, 7) is 0. The molecule has 3 heterocycles. The number of aliphatic imine (C=N–C) groups is 1. The van der Waals surface area contributed by atoms with Crippen LogP contribution in [0.3, 0.4) is 0 Å². The molecule has 13 rings (SSSR count). The van der Waals surface area contributed by atoms with Crippen molar-refractivity contribution in [3.8, 4) is 33.6 Å². The zero-order valence-electron chi connectivity index (χ0n) is 36.2. The highest BCUT2D eigenvalue weighted by Crippen LogP contribution is 2.41. The summed E-state index contributed by atoms with van der Waals surface area (Å²) in [7, 11) is 0. The molecule has 1 atom stereocenters. The van der Waals surface area contributed by atoms with Crippen LogP contribution in [0, 0.1) is 0 Å². The summed E-state index contributed by atoms with van der Waals surface area (Å²) in [6, 6.07) is 76.8. The standard InChI is InChI=1S/C62H43N4/c1-2-16-46(17-3-1)62-63-56(40-57(64-62)45-35-31-43(32-36-45)51-24-14-18-42-15-4-5-19-50(42)51)44-33-29-41(30-34-44)47-37-48(65-58-25-10-6-20-52(58)53-21-7-11-26-59(53)65)39-49(38-47)66-60-27-12-8-22-54(60)55-23-9-13-28-61(55)66/h1-12,14-27,29-40,62H,13,28H2/q-1. The second-order valence-corrected chi connectivity index (χ2v) is 17.4. The van der Waals surface area contributed by atoms with Gasteiger partial charge < -0.3 is 14.5 Å². The first-order valence-electron chi connectivity index (χ1n) is 22.9. The van der Waals surface area contributed by atoms with Crippen LogP contribution in [0.2, 0.25) is 0 Å². The van der Waals surface area contributed by atoms with E-state index in [4.69, 9.17) is 10.3 Å². The number of hydrogen-bond acceptors (Lipinski definition) is 1. The Kier molecular flexibility index (Phi) is 9.02. The van der Waals surface area contributed by atoms with Crippen LogP contribution in [0.25, 0.3) is 94.2 Å². The molecule has 4 heteroatoms. The first-order chi connectivity index (χ1) is 32.7. The predicted molar refractivity (Wildman–Crippen MR) is 277 cm³/mol. The van der Waals surface area contributed by atoms with Crippen LogP contribution in [0.5, 0.6) is 0 Å². The predicted octanol–water partition coefficient (Wildman–Crippen LogP) is 16.1. The zero-order chi connectivity index (χ0) is 43.6. The summed E-state index contributed by atoms with van der Waals surface area (Å²) >= 11 is 0. The highest BCUT2D eigenvalue weighted by atomic mass is 15.1. The van der Waals surface area contributed by atoms with E-state index >= 15 is 0 Å². The van der Waals surface area contributed by atoms with Gasteiger partial charge >= 0.3 is 0 Å². The number of para-hydroxylation sites is 3. The Labute approximate surface area is 383 Å². The van der Waals surface area contributed by atoms with Gasteiger partial charge in [-0.15, -0.1) is 5.70 Å². The van der Waals surface area contributed by atoms with Gasteiger partial charge in [0.05, 0.1) is 22.3 Å². The van der Waals surface area contributed by atoms with E-state index < -0.39 is 0 Å². The lowest BCUT2D eigenvalue weighted by Gasteiger charge is -2.37. The summed E-state index contributed by atoms with van der Waals surface area (Å²) in [4.78, 5) is 5.24. The van der Waals surface area contributed by atoms with Crippen LogP contribution in [0.4, 0.5) is 0 Å². The van der Waals surface area contributed by atoms with Crippen LogP contribution in [0.15, 0.2) is 229 Å². The molecule has 66 heavy (non-hydrogen) atoms. The molecule has 0 saturated heterocycles. The minimum atomic E-state index is -0.360. The molecule has 9 aromatic carbocycles. The van der Waals surface area contributed by atoms with Gasteiger partial charge in [0.15, 0.2) is 0 Å². The number of fused-ring (bicyclic) bond motifs is 7. The molecule has 11 aromatic rings. The van der Waals surface area contributed by atoms with Gasteiger partial charge in [0.25, 0.3) is 0 Å². The zero-order valence-corrected chi connectivity index (χ0v) is 36.2. The fourth-order valence-electron chi connectivity index (χ4n) is 10.4. The van der Waals surface area contributed by atoms with Crippen LogP contribution in [-0.2, 0) is 6.42 Å². The fourth-order valence-corrected chi connectivity index (χ4v) is 10.4. The van der Waals surface area contributed by atoms with Gasteiger partial charge in [0.2, 0.25) is 0 Å². The van der Waals surface area contributed by atoms with E-state index in [0.717, 1.165) is 63.4 Å². The lowest BCUT2D eigenvalue weighted by molar-refractivity contribution is 0.879. The largest absolute Gasteiger partial charge is 0.659 e. The first-order valence-corrected chi connectivity index (χ1v) is 22.9. The highest BCUT2D eigenvalue weighted by Gasteiger charge is 2.21. The van der Waals surface area contributed by atoms with Crippen molar-refractivity contribution >= 4 is 61.0 Å². The van der Waals surface area contributed by atoms with Crippen molar-refractivity contribution in [1.82, 2.24) is 9.13 Å². The summed E-state index contributed by atoms with van der Waals surface area (Å²) in [5.74, 6) is 0. The van der Waals surface area contributed by atoms with Gasteiger partial charge in [-0.2, -0.15) is 0 Å². The summed E-state index contributed by atoms with van der Waals surface area (Å²) in [5, 5.41) is 11.6. The van der Waals surface area contributed by atoms with Crippen molar-refractivity contribution in [2.45, 2.75) is 19.0 Å². The van der Waals surface area contributed by atoms with Crippen LogP contribution in [-0.4, -0.2) is 14.8 Å². The maximum absolute atomic E-state index is 5.28. The summed E-state index contributed by atoms with van der Waals surface area (Å²) < 4.78 is 4.95. The molecule has 0 spiro atoms. The highest BCUT2D eigenvalue weighted by molar-refractivity contribution is 6.15. The molecule has 0 saturated carbocycles. The van der Waals surface area contributed by atoms with Crippen molar-refractivity contribution in [2.24, 2.45) is 4.99 Å². The van der Waals surface area contributed by atoms with Crippen molar-refractivity contribution in [2.75, 3.05) is 0 Å². The Morgan fingerprint density at radius 3 is 1.77 bits per heavy atom. The summed E-state index contributed by atoms with van der Waals surface area (Å²) in [6.07, 6.45) is 8.44. The van der Waals surface area contributed by atoms with E-state index in [-0.39, 0.29) is 6.17 Å². The van der Waals surface area contributed by atoms with Crippen molar-refractivity contribution in [1.29, 1.82) is 0 Å². The van der Waals surface area contributed by atoms with Crippen LogP contribution >= 0.6 is 0 Å². The smallest absolute Gasteiger partial charge is 0.0623 e. The van der Waals surface area contributed by atoms with Gasteiger partial charge in [-0.3, -0.25) is 4.99 Å². The van der Waals surface area contributed by atoms with E-state index in [0.29, 0.717) is 0 Å². The molecule has 0 fully saturated rings. The molecule has 0 bridgehead atoms. The van der Waals surface area contributed by atoms with E-state index in [1.807, 2.05) is 6.07 Å². The number of aromatic nitrogens is 2. The number of hydrogen-bond donors (Lipinski definition) is 0. The molecule has 0 amide bonds. The number of nitrogens with zero attached hydrogens (tertiary/aromatic N) is 4. The third kappa shape index (κ3) is 6.41. The second-order valence-electron chi connectivity index (χ2n) is 17.4. The maximum Gasteiger partial charge on any atom is 0.0623 e. The molecule has 1 aliphatic heterocycles. The van der Waals surface area contributed by atoms with Crippen LogP contribution in [0.1, 0.15) is 40.5 Å². The molecule has 2 aromatic heterocycles. The molecular formula is C62H43N4-. The fraction of sp³-hybridized carbons (Fsp3) is 0.0484. The second kappa shape index (κ2) is 15.7. The van der Waals surface area contributed by atoms with E-state index in [1.165, 1.54) is 65.9 Å². The van der Waals surface area contributed by atoms with Gasteiger partial charge in [-0.1, -0.05) is 194 Å². The quantitative estimate of drug-likeness (QED) is 0.153. The van der Waals surface area contributed by atoms with Crippen molar-refractivity contribution in [3.63, 3.8) is 0 Å². The van der Waals surface area contributed by atoms with Crippen molar-refractivity contribution in [3.05, 3.63) is 258 Å². The average molecular weight is 844 g/mol. The van der Waals surface area contributed by atoms with Gasteiger partial charge in [-0.25, -0.2) is 0 Å². The molecule has 0 radical (unpaired) electrons. The molecule has 2 aliphatic rings. The van der Waals surface area contributed by atoms with Crippen molar-refractivity contribution < 1.29 is 0 Å². The number of rotatable bonds is 7. The van der Waals surface area contributed by atoms with E-state index in [2.05, 4.69) is 234 Å². The van der Waals surface area contributed by atoms with Gasteiger partial charge in [0, 0.05) is 45.0 Å². The lowest BCUT2D eigenvalue weighted by Crippen LogP contribution is -2.09. The molecule has 1 unspecified atom stereocenters. The third-order valence-electron chi connectivity index (χ3n) is 13.5. The van der Waals surface area contributed by atoms with Gasteiger partial charge in [-0.05, 0) is 99.0 Å². The average Bonchev–Trinajstić information content (AvgIpc) is 3.92. The third-order valence-corrected chi connectivity index (χ3v) is 13.5. The van der Waals surface area contributed by atoms with Gasteiger partial charge in [0.1, 0.15) is 0 Å². The van der Waals surface area contributed by atoms with E-state index in [9.17, 15) is 0 Å². The Hall–Kier alpha value is -8.47. The Morgan fingerprint density at radius 1 is 0.455 bits per heavy atom. The number of benzene rings is 9. The summed E-state index contributed by atoms with van der Waals surface area (Å²) in [5.41, 5.74) is 18.3. The molecule has 0 N–H and O–H groups in total. The normalized spacial score (nSPS) is 14.6. The van der Waals surface area contributed by atoms with Crippen LogP contribution < -0.4 is 0 Å². The Balaban J connectivity index is 0.923. The first kappa shape index (κ1) is 38.0. The minimum absolute atomic E-state index is 0.360. The lowest BCUT2D eigenvalue weighted by atomic mass is 9.96. The number of allylic oxidation sites excluding steroid dienone is 2. The topological polar surface area (TPSA) is 36.3 Å². The molecule has 1 aliphatic carbocycles. The van der Waals surface area contributed by atoms with E-state index in [1.54, 1.807) is 0 Å². The minimum Gasteiger partial charge on any atom is -0.659 e. The molecular weight excluding hydrogens is 801 g/mol. The SMILES string of the molecule is C1=Cc2c(n(-c3cc(-c4ccc(C5=CC(c6ccc(-c7cccc8ccccc78)cc6)=NC(c6ccccc6)[N-]5)cc4)cc(-n4c5ccccc5c5ccccc54)c3)c3ccccc23)CC1. The monoisotopic (exact) mass is 843 g/mol. The molecule has 4 nitrogen and oxygen atoms in total. The molecule has 312 valence electrons. The Bertz CT molecular complexity index is 3710. The maximum atomic E-state index is 5.28.